The van der Waals surface area contributed by atoms with Crippen LogP contribution in [0.3, 0.4) is 0 Å². The van der Waals surface area contributed by atoms with Crippen molar-refractivity contribution in [2.24, 2.45) is 0 Å². The second-order valence-corrected chi connectivity index (χ2v) is 8.44. The lowest BCUT2D eigenvalue weighted by atomic mass is 10.00. The van der Waals surface area contributed by atoms with Gasteiger partial charge in [0, 0.05) is 31.7 Å². The molecule has 0 radical (unpaired) electrons. The lowest BCUT2D eigenvalue weighted by molar-refractivity contribution is -0.143. The van der Waals surface area contributed by atoms with E-state index in [4.69, 9.17) is 4.52 Å². The predicted molar refractivity (Wildman–Crippen MR) is 116 cm³/mol. The van der Waals surface area contributed by atoms with Crippen molar-refractivity contribution in [2.45, 2.75) is 31.7 Å². The lowest BCUT2D eigenvalue weighted by Gasteiger charge is -2.22. The summed E-state index contributed by atoms with van der Waals surface area (Å²) in [6.07, 6.45) is -10.0. The molecular formula is C24H22F6N4O2. The SMILES string of the molecule is O=C(Cc1ccc(C(F)(F)F)cc1C(F)(F)F)N1CCCN(Cc2noc(-c3ccccc3)n2)CC1. The van der Waals surface area contributed by atoms with E-state index in [0.717, 1.165) is 11.6 Å². The average Bonchev–Trinajstić information content (AvgIpc) is 3.16. The number of rotatable bonds is 5. The van der Waals surface area contributed by atoms with Crippen LogP contribution in [-0.4, -0.2) is 52.0 Å². The van der Waals surface area contributed by atoms with Crippen LogP contribution >= 0.6 is 0 Å². The summed E-state index contributed by atoms with van der Waals surface area (Å²) in [6, 6.07) is 10.6. The molecule has 0 aliphatic carbocycles. The average molecular weight is 512 g/mol. The van der Waals surface area contributed by atoms with Gasteiger partial charge in [-0.15, -0.1) is 0 Å². The second kappa shape index (κ2) is 10.3. The molecule has 0 bridgehead atoms. The maximum atomic E-state index is 13.4. The zero-order valence-corrected chi connectivity index (χ0v) is 18.9. The van der Waals surface area contributed by atoms with Crippen LogP contribution in [0.5, 0.6) is 0 Å². The molecule has 2 heterocycles. The number of hydrogen-bond acceptors (Lipinski definition) is 5. The standard InChI is InChI=1S/C24H22F6N4O2/c25-23(26,27)18-8-7-17(19(14-18)24(28,29)30)13-21(35)34-10-4-9-33(11-12-34)15-20-31-22(36-32-20)16-5-2-1-3-6-16/h1-3,5-8,14H,4,9-13,15H2. The topological polar surface area (TPSA) is 62.5 Å². The third-order valence-electron chi connectivity index (χ3n) is 5.88. The molecule has 1 aliphatic heterocycles. The van der Waals surface area contributed by atoms with E-state index < -0.39 is 41.4 Å². The van der Waals surface area contributed by atoms with Crippen LogP contribution in [0.4, 0.5) is 26.3 Å². The van der Waals surface area contributed by atoms with E-state index in [1.807, 2.05) is 35.2 Å². The molecule has 6 nitrogen and oxygen atoms in total. The summed E-state index contributed by atoms with van der Waals surface area (Å²) in [5, 5.41) is 3.99. The largest absolute Gasteiger partial charge is 0.416 e. The zero-order chi connectivity index (χ0) is 25.9. The molecule has 4 rings (SSSR count). The van der Waals surface area contributed by atoms with Gasteiger partial charge in [0.25, 0.3) is 5.89 Å². The normalized spacial score (nSPS) is 15.7. The third kappa shape index (κ3) is 6.23. The molecule has 2 aromatic carbocycles. The van der Waals surface area contributed by atoms with Crippen LogP contribution in [0.25, 0.3) is 11.5 Å². The minimum absolute atomic E-state index is 0.0569. The highest BCUT2D eigenvalue weighted by atomic mass is 19.4. The van der Waals surface area contributed by atoms with Gasteiger partial charge in [0.2, 0.25) is 5.91 Å². The molecule has 1 fully saturated rings. The molecule has 1 amide bonds. The van der Waals surface area contributed by atoms with E-state index in [9.17, 15) is 31.1 Å². The molecule has 12 heteroatoms. The van der Waals surface area contributed by atoms with Crippen molar-refractivity contribution in [3.05, 3.63) is 71.0 Å². The van der Waals surface area contributed by atoms with E-state index in [2.05, 4.69) is 10.1 Å². The summed E-state index contributed by atoms with van der Waals surface area (Å²) >= 11 is 0. The summed E-state index contributed by atoms with van der Waals surface area (Å²) in [7, 11) is 0. The first-order valence-electron chi connectivity index (χ1n) is 11.2. The van der Waals surface area contributed by atoms with Crippen LogP contribution in [0.15, 0.2) is 53.1 Å². The van der Waals surface area contributed by atoms with Crippen molar-refractivity contribution in [2.75, 3.05) is 26.2 Å². The predicted octanol–water partition coefficient (Wildman–Crippen LogP) is 5.05. The Morgan fingerprint density at radius 3 is 2.36 bits per heavy atom. The van der Waals surface area contributed by atoms with Gasteiger partial charge in [0.05, 0.1) is 24.1 Å². The minimum Gasteiger partial charge on any atom is -0.341 e. The molecule has 3 aromatic rings. The van der Waals surface area contributed by atoms with Gasteiger partial charge in [0.15, 0.2) is 5.82 Å². The first-order valence-corrected chi connectivity index (χ1v) is 11.2. The van der Waals surface area contributed by atoms with Gasteiger partial charge < -0.3 is 9.42 Å². The number of amides is 1. The quantitative estimate of drug-likeness (QED) is 0.448. The van der Waals surface area contributed by atoms with Gasteiger partial charge in [-0.25, -0.2) is 0 Å². The molecule has 1 saturated heterocycles. The third-order valence-corrected chi connectivity index (χ3v) is 5.88. The molecule has 1 aromatic heterocycles. The fourth-order valence-corrected chi connectivity index (χ4v) is 4.04. The van der Waals surface area contributed by atoms with Gasteiger partial charge in [0.1, 0.15) is 0 Å². The minimum atomic E-state index is -5.02. The van der Waals surface area contributed by atoms with Gasteiger partial charge >= 0.3 is 12.4 Å². The maximum absolute atomic E-state index is 13.4. The Morgan fingerprint density at radius 2 is 1.67 bits per heavy atom. The Bertz CT molecular complexity index is 1190. The Labute approximate surface area is 202 Å². The highest BCUT2D eigenvalue weighted by Gasteiger charge is 2.38. The van der Waals surface area contributed by atoms with Crippen molar-refractivity contribution in [3.8, 4) is 11.5 Å². The molecule has 0 atom stereocenters. The van der Waals surface area contributed by atoms with E-state index in [-0.39, 0.29) is 12.6 Å². The van der Waals surface area contributed by atoms with Gasteiger partial charge in [-0.05, 0) is 36.2 Å². The number of hydrogen-bond donors (Lipinski definition) is 0. The summed E-state index contributed by atoms with van der Waals surface area (Å²) in [5.41, 5.74) is -2.56. The number of benzene rings is 2. The first kappa shape index (κ1) is 25.7. The number of nitrogens with zero attached hydrogens (tertiary/aromatic N) is 4. The molecule has 0 spiro atoms. The zero-order valence-electron chi connectivity index (χ0n) is 18.9. The Hall–Kier alpha value is -3.41. The van der Waals surface area contributed by atoms with Gasteiger partial charge in [-0.3, -0.25) is 9.69 Å². The van der Waals surface area contributed by atoms with Crippen LogP contribution in [-0.2, 0) is 30.1 Å². The second-order valence-electron chi connectivity index (χ2n) is 8.44. The fraction of sp³-hybridized carbons (Fsp3) is 0.375. The summed E-state index contributed by atoms with van der Waals surface area (Å²) in [5.74, 6) is 0.274. The molecule has 0 unspecified atom stereocenters. The van der Waals surface area contributed by atoms with Crippen LogP contribution in [0, 0.1) is 0 Å². The van der Waals surface area contributed by atoms with Crippen molar-refractivity contribution in [1.82, 2.24) is 19.9 Å². The molecular weight excluding hydrogens is 490 g/mol. The van der Waals surface area contributed by atoms with Crippen LogP contribution in [0.2, 0.25) is 0 Å². The van der Waals surface area contributed by atoms with Crippen molar-refractivity contribution in [1.29, 1.82) is 0 Å². The van der Waals surface area contributed by atoms with E-state index in [0.29, 0.717) is 50.4 Å². The van der Waals surface area contributed by atoms with Crippen LogP contribution < -0.4 is 0 Å². The van der Waals surface area contributed by atoms with Crippen molar-refractivity contribution >= 4 is 5.91 Å². The van der Waals surface area contributed by atoms with E-state index in [1.165, 1.54) is 4.90 Å². The Kier molecular flexibility index (Phi) is 7.34. The summed E-state index contributed by atoms with van der Waals surface area (Å²) in [6.45, 7) is 1.98. The number of carbonyl (C=O) groups excluding carboxylic acids is 1. The van der Waals surface area contributed by atoms with Crippen molar-refractivity contribution in [3.63, 3.8) is 0 Å². The summed E-state index contributed by atoms with van der Waals surface area (Å²) < 4.78 is 84.3. The fourth-order valence-electron chi connectivity index (χ4n) is 4.04. The monoisotopic (exact) mass is 512 g/mol. The molecule has 192 valence electrons. The van der Waals surface area contributed by atoms with Gasteiger partial charge in [-0.2, -0.15) is 31.3 Å². The lowest BCUT2D eigenvalue weighted by Crippen LogP contribution is -2.36. The highest BCUT2D eigenvalue weighted by Crippen LogP contribution is 2.37. The molecule has 1 aliphatic rings. The van der Waals surface area contributed by atoms with Crippen LogP contribution in [0.1, 0.15) is 28.9 Å². The summed E-state index contributed by atoms with van der Waals surface area (Å²) in [4.78, 5) is 20.6. The van der Waals surface area contributed by atoms with Crippen molar-refractivity contribution < 1.29 is 35.7 Å². The Morgan fingerprint density at radius 1 is 0.917 bits per heavy atom. The molecule has 0 saturated carbocycles. The number of alkyl halides is 6. The van der Waals surface area contributed by atoms with E-state index >= 15 is 0 Å². The van der Waals surface area contributed by atoms with E-state index in [1.54, 1.807) is 0 Å². The maximum Gasteiger partial charge on any atom is 0.416 e. The van der Waals surface area contributed by atoms with Gasteiger partial charge in [-0.1, -0.05) is 29.4 Å². The molecule has 36 heavy (non-hydrogen) atoms. The highest BCUT2D eigenvalue weighted by molar-refractivity contribution is 5.79. The number of carbonyl (C=O) groups is 1. The number of aromatic nitrogens is 2. The molecule has 0 N–H and O–H groups in total. The number of halogens is 6. The first-order chi connectivity index (χ1) is 17.0. The Balaban J connectivity index is 1.39. The smallest absolute Gasteiger partial charge is 0.341 e.